The number of aryl methyl sites for hydroxylation is 1. The molecule has 0 N–H and O–H groups in total. The number of nitrogens with zero attached hydrogens (tertiary/aromatic N) is 2. The van der Waals surface area contributed by atoms with Gasteiger partial charge in [0, 0.05) is 11.9 Å². The van der Waals surface area contributed by atoms with Gasteiger partial charge >= 0.3 is 0 Å². The molecule has 0 atom stereocenters. The first-order valence-electron chi connectivity index (χ1n) is 3.49. The number of halogens is 1. The third-order valence-electron chi connectivity index (χ3n) is 1.33. The van der Waals surface area contributed by atoms with E-state index in [-0.39, 0.29) is 5.82 Å². The molecule has 0 spiro atoms. The summed E-state index contributed by atoms with van der Waals surface area (Å²) in [5.41, 5.74) is -0.646. The molecule has 1 heterocycles. The van der Waals surface area contributed by atoms with Gasteiger partial charge in [0.05, 0.1) is 0 Å². The summed E-state index contributed by atoms with van der Waals surface area (Å²) in [6, 6.07) is 1.75. The lowest BCUT2D eigenvalue weighted by Gasteiger charge is -2.11. The highest BCUT2D eigenvalue weighted by molar-refractivity contribution is 5.04. The van der Waals surface area contributed by atoms with Gasteiger partial charge in [-0.2, -0.15) is 0 Å². The van der Waals surface area contributed by atoms with E-state index in [0.29, 0.717) is 0 Å². The standard InChI is InChI=1S/C8H11FN2/c1-6-4-5-10-7(11-6)8(2,3)9/h4-5H,1-3H3. The Labute approximate surface area is 65.5 Å². The Morgan fingerprint density at radius 1 is 1.45 bits per heavy atom. The molecule has 0 saturated heterocycles. The van der Waals surface area contributed by atoms with Gasteiger partial charge in [-0.3, -0.25) is 0 Å². The van der Waals surface area contributed by atoms with Crippen LogP contribution in [0.25, 0.3) is 0 Å². The van der Waals surface area contributed by atoms with Crippen molar-refractivity contribution in [2.24, 2.45) is 0 Å². The maximum Gasteiger partial charge on any atom is 0.165 e. The van der Waals surface area contributed by atoms with Gasteiger partial charge in [-0.1, -0.05) is 0 Å². The first-order valence-corrected chi connectivity index (χ1v) is 3.49. The van der Waals surface area contributed by atoms with Crippen molar-refractivity contribution in [2.75, 3.05) is 0 Å². The maximum absolute atomic E-state index is 13.2. The van der Waals surface area contributed by atoms with Crippen LogP contribution in [0.15, 0.2) is 12.3 Å². The predicted molar refractivity (Wildman–Crippen MR) is 40.9 cm³/mol. The summed E-state index contributed by atoms with van der Waals surface area (Å²) >= 11 is 0. The van der Waals surface area contributed by atoms with E-state index in [1.54, 1.807) is 12.3 Å². The first kappa shape index (κ1) is 8.11. The molecular weight excluding hydrogens is 143 g/mol. The smallest absolute Gasteiger partial charge is 0.165 e. The molecule has 0 unspecified atom stereocenters. The molecule has 3 heteroatoms. The van der Waals surface area contributed by atoms with Crippen molar-refractivity contribution in [2.45, 2.75) is 26.4 Å². The van der Waals surface area contributed by atoms with E-state index in [0.717, 1.165) is 5.69 Å². The van der Waals surface area contributed by atoms with Gasteiger partial charge in [-0.25, -0.2) is 14.4 Å². The lowest BCUT2D eigenvalue weighted by atomic mass is 10.1. The third-order valence-corrected chi connectivity index (χ3v) is 1.33. The largest absolute Gasteiger partial charge is 0.238 e. The molecule has 11 heavy (non-hydrogen) atoms. The summed E-state index contributed by atoms with van der Waals surface area (Å²) in [7, 11) is 0. The molecule has 1 aromatic heterocycles. The molecule has 0 fully saturated rings. The van der Waals surface area contributed by atoms with Gasteiger partial charge in [-0.15, -0.1) is 0 Å². The van der Waals surface area contributed by atoms with Crippen LogP contribution in [0.2, 0.25) is 0 Å². The lowest BCUT2D eigenvalue weighted by Crippen LogP contribution is -2.14. The van der Waals surface area contributed by atoms with Crippen LogP contribution < -0.4 is 0 Å². The minimum atomic E-state index is -1.44. The quantitative estimate of drug-likeness (QED) is 0.618. The van der Waals surface area contributed by atoms with E-state index in [9.17, 15) is 4.39 Å². The number of rotatable bonds is 1. The molecule has 0 radical (unpaired) electrons. The van der Waals surface area contributed by atoms with Crippen molar-refractivity contribution >= 4 is 0 Å². The number of hydrogen-bond donors (Lipinski definition) is 0. The van der Waals surface area contributed by atoms with Crippen LogP contribution in [0.4, 0.5) is 4.39 Å². The van der Waals surface area contributed by atoms with E-state index in [1.807, 2.05) is 6.92 Å². The first-order chi connectivity index (χ1) is 5.00. The molecule has 0 aromatic carbocycles. The number of alkyl halides is 1. The molecule has 0 aliphatic heterocycles. The average Bonchev–Trinajstić information content (AvgIpc) is 1.86. The molecule has 0 bridgehead atoms. The molecular formula is C8H11FN2. The van der Waals surface area contributed by atoms with Crippen LogP contribution in [-0.4, -0.2) is 9.97 Å². The minimum absolute atomic E-state index is 0.248. The van der Waals surface area contributed by atoms with Crippen molar-refractivity contribution in [3.63, 3.8) is 0 Å². The molecule has 0 amide bonds. The summed E-state index contributed by atoms with van der Waals surface area (Å²) in [4.78, 5) is 7.78. The Balaban J connectivity index is 3.06. The van der Waals surface area contributed by atoms with Gasteiger partial charge in [0.15, 0.2) is 11.5 Å². The highest BCUT2D eigenvalue weighted by atomic mass is 19.1. The zero-order valence-corrected chi connectivity index (χ0v) is 6.93. The van der Waals surface area contributed by atoms with Gasteiger partial charge < -0.3 is 0 Å². The van der Waals surface area contributed by atoms with E-state index >= 15 is 0 Å². The summed E-state index contributed by atoms with van der Waals surface area (Å²) < 4.78 is 13.2. The fourth-order valence-electron chi connectivity index (χ4n) is 0.735. The predicted octanol–water partition coefficient (Wildman–Crippen LogP) is 1.99. The Bertz CT molecular complexity index is 253. The van der Waals surface area contributed by atoms with Crippen LogP contribution in [0, 0.1) is 6.92 Å². The van der Waals surface area contributed by atoms with E-state index in [2.05, 4.69) is 9.97 Å². The summed E-state index contributed by atoms with van der Waals surface area (Å²) in [5, 5.41) is 0. The second-order valence-electron chi connectivity index (χ2n) is 2.99. The topological polar surface area (TPSA) is 25.8 Å². The van der Waals surface area contributed by atoms with E-state index < -0.39 is 5.67 Å². The summed E-state index contributed by atoms with van der Waals surface area (Å²) in [6.07, 6.45) is 1.57. The molecule has 1 rings (SSSR count). The Hall–Kier alpha value is -0.990. The second-order valence-corrected chi connectivity index (χ2v) is 2.99. The van der Waals surface area contributed by atoms with Gasteiger partial charge in [-0.05, 0) is 26.8 Å². The van der Waals surface area contributed by atoms with E-state index in [1.165, 1.54) is 13.8 Å². The Kier molecular flexibility index (Phi) is 1.89. The monoisotopic (exact) mass is 154 g/mol. The highest BCUT2D eigenvalue weighted by Gasteiger charge is 2.21. The zero-order chi connectivity index (χ0) is 8.48. The SMILES string of the molecule is Cc1ccnc(C(C)(C)F)n1. The van der Waals surface area contributed by atoms with Crippen LogP contribution in [0.1, 0.15) is 25.4 Å². The van der Waals surface area contributed by atoms with E-state index in [4.69, 9.17) is 0 Å². The van der Waals surface area contributed by atoms with Crippen LogP contribution >= 0.6 is 0 Å². The van der Waals surface area contributed by atoms with Crippen molar-refractivity contribution in [1.82, 2.24) is 9.97 Å². The Morgan fingerprint density at radius 3 is 2.45 bits per heavy atom. The zero-order valence-electron chi connectivity index (χ0n) is 6.93. The fourth-order valence-corrected chi connectivity index (χ4v) is 0.735. The second kappa shape index (κ2) is 2.57. The van der Waals surface area contributed by atoms with Gasteiger partial charge in [0.1, 0.15) is 0 Å². The summed E-state index contributed by atoms with van der Waals surface area (Å²) in [5.74, 6) is 0.248. The molecule has 0 aliphatic carbocycles. The molecule has 0 aliphatic rings. The van der Waals surface area contributed by atoms with Crippen LogP contribution in [0.3, 0.4) is 0 Å². The van der Waals surface area contributed by atoms with Crippen molar-refractivity contribution in [3.05, 3.63) is 23.8 Å². The van der Waals surface area contributed by atoms with Gasteiger partial charge in [0.2, 0.25) is 0 Å². The third kappa shape index (κ3) is 1.97. The molecule has 1 aromatic rings. The van der Waals surface area contributed by atoms with Crippen molar-refractivity contribution in [1.29, 1.82) is 0 Å². The fraction of sp³-hybridized carbons (Fsp3) is 0.500. The normalized spacial score (nSPS) is 11.6. The Morgan fingerprint density at radius 2 is 2.09 bits per heavy atom. The molecule has 2 nitrogen and oxygen atoms in total. The molecule has 60 valence electrons. The van der Waals surface area contributed by atoms with Crippen molar-refractivity contribution < 1.29 is 4.39 Å². The minimum Gasteiger partial charge on any atom is -0.238 e. The highest BCUT2D eigenvalue weighted by Crippen LogP contribution is 2.19. The molecule has 0 saturated carbocycles. The number of hydrogen-bond acceptors (Lipinski definition) is 2. The van der Waals surface area contributed by atoms with Crippen LogP contribution in [0.5, 0.6) is 0 Å². The van der Waals surface area contributed by atoms with Crippen molar-refractivity contribution in [3.8, 4) is 0 Å². The number of aromatic nitrogens is 2. The average molecular weight is 154 g/mol. The van der Waals surface area contributed by atoms with Crippen LogP contribution in [-0.2, 0) is 5.67 Å². The maximum atomic E-state index is 13.2. The van der Waals surface area contributed by atoms with Gasteiger partial charge in [0.25, 0.3) is 0 Å². The lowest BCUT2D eigenvalue weighted by molar-refractivity contribution is 0.206. The summed E-state index contributed by atoms with van der Waals surface area (Å²) in [6.45, 7) is 4.71.